The van der Waals surface area contributed by atoms with Crippen LogP contribution in [0.1, 0.15) is 11.1 Å². The zero-order valence-corrected chi connectivity index (χ0v) is 14.9. The molecule has 0 aliphatic carbocycles. The molecule has 0 saturated carbocycles. The fraction of sp³-hybridized carbons (Fsp3) is 0.0625. The molecule has 1 N–H and O–H groups in total. The third kappa shape index (κ3) is 3.72. The highest BCUT2D eigenvalue weighted by molar-refractivity contribution is 9.10. The van der Waals surface area contributed by atoms with E-state index in [4.69, 9.17) is 12.2 Å². The van der Waals surface area contributed by atoms with Gasteiger partial charge in [0.2, 0.25) is 4.77 Å². The smallest absolute Gasteiger partial charge is 0.250 e. The Kier molecular flexibility index (Phi) is 4.87. The van der Waals surface area contributed by atoms with Crippen molar-refractivity contribution in [1.82, 2.24) is 14.9 Å². The van der Waals surface area contributed by atoms with Crippen LogP contribution >= 0.6 is 28.1 Å². The molecule has 0 atom stereocenters. The minimum absolute atomic E-state index is 0.0591. The first kappa shape index (κ1) is 17.6. The molecule has 0 unspecified atom stereocenters. The zero-order chi connectivity index (χ0) is 18.0. The fourth-order valence-corrected chi connectivity index (χ4v) is 2.84. The van der Waals surface area contributed by atoms with Gasteiger partial charge in [0.05, 0.1) is 11.8 Å². The van der Waals surface area contributed by atoms with Crippen molar-refractivity contribution in [3.63, 3.8) is 0 Å². The second-order valence-corrected chi connectivity index (χ2v) is 6.21. The lowest BCUT2D eigenvalue weighted by molar-refractivity contribution is -0.137. The van der Waals surface area contributed by atoms with Gasteiger partial charge in [-0.25, -0.2) is 5.10 Å². The van der Waals surface area contributed by atoms with Gasteiger partial charge in [-0.1, -0.05) is 46.3 Å². The highest BCUT2D eigenvalue weighted by atomic mass is 79.9. The lowest BCUT2D eigenvalue weighted by atomic mass is 10.1. The molecule has 3 aromatic rings. The predicted octanol–water partition coefficient (Wildman–Crippen LogP) is 5.27. The number of nitrogens with one attached hydrogen (secondary N) is 1. The van der Waals surface area contributed by atoms with Crippen LogP contribution in [0, 0.1) is 4.77 Å². The van der Waals surface area contributed by atoms with Gasteiger partial charge in [-0.15, -0.1) is 0 Å². The van der Waals surface area contributed by atoms with Crippen LogP contribution in [0.2, 0.25) is 0 Å². The molecule has 0 fully saturated rings. The van der Waals surface area contributed by atoms with Crippen LogP contribution in [0.15, 0.2) is 58.1 Å². The van der Waals surface area contributed by atoms with Gasteiger partial charge in [-0.3, -0.25) is 0 Å². The fourth-order valence-electron chi connectivity index (χ4n) is 2.20. The number of nitrogens with zero attached hydrogens (tertiary/aromatic N) is 3. The van der Waals surface area contributed by atoms with Crippen LogP contribution < -0.4 is 0 Å². The van der Waals surface area contributed by atoms with E-state index < -0.39 is 11.7 Å². The lowest BCUT2D eigenvalue weighted by Crippen LogP contribution is -2.09. The van der Waals surface area contributed by atoms with E-state index in [0.29, 0.717) is 11.4 Å². The second kappa shape index (κ2) is 6.93. The van der Waals surface area contributed by atoms with E-state index in [9.17, 15) is 13.2 Å². The van der Waals surface area contributed by atoms with Gasteiger partial charge >= 0.3 is 6.18 Å². The summed E-state index contributed by atoms with van der Waals surface area (Å²) in [6.07, 6.45) is -3.35. The number of aromatic nitrogens is 3. The van der Waals surface area contributed by atoms with Gasteiger partial charge in [0.15, 0.2) is 5.82 Å². The van der Waals surface area contributed by atoms with E-state index in [1.165, 1.54) is 22.9 Å². The molecule has 0 aliphatic heterocycles. The Morgan fingerprint density at radius 3 is 2.52 bits per heavy atom. The minimum atomic E-state index is -4.47. The third-order valence-electron chi connectivity index (χ3n) is 3.34. The number of alkyl halides is 3. The number of hydrogen-bond donors (Lipinski definition) is 1. The molecule has 2 aromatic carbocycles. The van der Waals surface area contributed by atoms with Crippen molar-refractivity contribution in [2.24, 2.45) is 5.10 Å². The first-order valence-electron chi connectivity index (χ1n) is 7.01. The first-order chi connectivity index (χ1) is 11.9. The van der Waals surface area contributed by atoms with Crippen molar-refractivity contribution < 1.29 is 13.2 Å². The van der Waals surface area contributed by atoms with Crippen LogP contribution in [0.5, 0.6) is 0 Å². The number of H-pyrrole nitrogens is 1. The van der Waals surface area contributed by atoms with Crippen molar-refractivity contribution in [3.8, 4) is 11.4 Å². The SMILES string of the molecule is FC(F)(F)c1ccccc1C=Nn1c(-c2ccccc2Br)n[nH]c1=S. The topological polar surface area (TPSA) is 46.0 Å². The van der Waals surface area contributed by atoms with E-state index in [-0.39, 0.29) is 10.3 Å². The zero-order valence-electron chi connectivity index (χ0n) is 12.5. The third-order valence-corrected chi connectivity index (χ3v) is 4.30. The van der Waals surface area contributed by atoms with Crippen molar-refractivity contribution in [1.29, 1.82) is 0 Å². The van der Waals surface area contributed by atoms with Crippen LogP contribution in [0.4, 0.5) is 13.2 Å². The van der Waals surface area contributed by atoms with Crippen LogP contribution in [0.25, 0.3) is 11.4 Å². The number of hydrogen-bond acceptors (Lipinski definition) is 3. The predicted molar refractivity (Wildman–Crippen MR) is 95.0 cm³/mol. The summed E-state index contributed by atoms with van der Waals surface area (Å²) >= 11 is 8.54. The summed E-state index contributed by atoms with van der Waals surface area (Å²) in [6, 6.07) is 12.5. The highest BCUT2D eigenvalue weighted by Crippen LogP contribution is 2.31. The van der Waals surface area contributed by atoms with Crippen LogP contribution in [0.3, 0.4) is 0 Å². The Morgan fingerprint density at radius 2 is 1.80 bits per heavy atom. The molecular formula is C16H10BrF3N4S. The second-order valence-electron chi connectivity index (χ2n) is 4.97. The van der Waals surface area contributed by atoms with Crippen molar-refractivity contribution in [2.75, 3.05) is 0 Å². The minimum Gasteiger partial charge on any atom is -0.250 e. The van der Waals surface area contributed by atoms with Gasteiger partial charge in [-0.05, 0) is 30.4 Å². The maximum atomic E-state index is 13.1. The lowest BCUT2D eigenvalue weighted by Gasteiger charge is -2.09. The summed E-state index contributed by atoms with van der Waals surface area (Å²) in [4.78, 5) is 0. The number of rotatable bonds is 3. The molecule has 0 radical (unpaired) electrons. The summed E-state index contributed by atoms with van der Waals surface area (Å²) in [5.41, 5.74) is -0.122. The van der Waals surface area contributed by atoms with E-state index >= 15 is 0 Å². The van der Waals surface area contributed by atoms with Gasteiger partial charge in [0, 0.05) is 15.6 Å². The van der Waals surface area contributed by atoms with Crippen molar-refractivity contribution in [3.05, 3.63) is 68.9 Å². The number of halogens is 4. The van der Waals surface area contributed by atoms with E-state index in [1.54, 1.807) is 6.07 Å². The average Bonchev–Trinajstić information content (AvgIpc) is 2.93. The first-order valence-corrected chi connectivity index (χ1v) is 8.21. The molecule has 3 rings (SSSR count). The standard InChI is InChI=1S/C16H10BrF3N4S/c17-13-8-4-2-6-11(13)14-22-23-15(25)24(14)21-9-10-5-1-3-7-12(10)16(18,19)20/h1-9H,(H,23,25). The average molecular weight is 427 g/mol. The van der Waals surface area contributed by atoms with E-state index in [0.717, 1.165) is 16.8 Å². The Hall–Kier alpha value is -2.26. The molecule has 128 valence electrons. The number of aromatic amines is 1. The van der Waals surface area contributed by atoms with Crippen LogP contribution in [-0.4, -0.2) is 21.1 Å². The molecule has 0 bridgehead atoms. The molecule has 25 heavy (non-hydrogen) atoms. The van der Waals surface area contributed by atoms with Gasteiger partial charge in [0.25, 0.3) is 0 Å². The molecule has 4 nitrogen and oxygen atoms in total. The summed E-state index contributed by atoms with van der Waals surface area (Å²) in [5.74, 6) is 0.387. The van der Waals surface area contributed by atoms with Gasteiger partial charge in [0.1, 0.15) is 0 Å². The summed E-state index contributed by atoms with van der Waals surface area (Å²) < 4.78 is 41.4. The highest BCUT2D eigenvalue weighted by Gasteiger charge is 2.32. The molecule has 0 amide bonds. The molecule has 9 heteroatoms. The molecule has 1 aromatic heterocycles. The summed E-state index contributed by atoms with van der Waals surface area (Å²) in [6.45, 7) is 0. The largest absolute Gasteiger partial charge is 0.417 e. The monoisotopic (exact) mass is 426 g/mol. The summed E-state index contributed by atoms with van der Waals surface area (Å²) in [5, 5.41) is 10.8. The Morgan fingerprint density at radius 1 is 1.12 bits per heavy atom. The molecule has 1 heterocycles. The molecule has 0 spiro atoms. The molecule has 0 saturated heterocycles. The number of benzene rings is 2. The van der Waals surface area contributed by atoms with Gasteiger partial charge < -0.3 is 0 Å². The Balaban J connectivity index is 2.07. The van der Waals surface area contributed by atoms with Gasteiger partial charge in [-0.2, -0.15) is 28.0 Å². The quantitative estimate of drug-likeness (QED) is 0.457. The van der Waals surface area contributed by atoms with E-state index in [1.807, 2.05) is 18.2 Å². The normalized spacial score (nSPS) is 12.0. The Bertz CT molecular complexity index is 991. The maximum Gasteiger partial charge on any atom is 0.417 e. The van der Waals surface area contributed by atoms with Crippen molar-refractivity contribution >= 4 is 34.4 Å². The van der Waals surface area contributed by atoms with Crippen molar-refractivity contribution in [2.45, 2.75) is 6.18 Å². The van der Waals surface area contributed by atoms with Crippen LogP contribution in [-0.2, 0) is 6.18 Å². The maximum absolute atomic E-state index is 13.1. The Labute approximate surface area is 154 Å². The summed E-state index contributed by atoms with van der Waals surface area (Å²) in [7, 11) is 0. The molecule has 0 aliphatic rings. The molecular weight excluding hydrogens is 417 g/mol. The van der Waals surface area contributed by atoms with E-state index in [2.05, 4.69) is 31.2 Å².